The van der Waals surface area contributed by atoms with Crippen LogP contribution in [0.3, 0.4) is 0 Å². The Kier molecular flexibility index (Phi) is 8.41. The molecule has 0 aromatic carbocycles. The molecule has 0 amide bonds. The Labute approximate surface area is 214 Å². The van der Waals surface area contributed by atoms with Gasteiger partial charge in [-0.3, -0.25) is 4.90 Å². The van der Waals surface area contributed by atoms with Crippen LogP contribution in [-0.4, -0.2) is 93.1 Å². The molecule has 1 aromatic heterocycles. The number of likely N-dealkylation sites (N-methyl/N-ethyl adjacent to an activating group) is 2. The minimum atomic E-state index is 0.146. The number of nitrogens with zero attached hydrogens (tertiary/aromatic N) is 5. The second-order valence-electron chi connectivity index (χ2n) is 9.73. The number of hydrogen-bond acceptors (Lipinski definition) is 9. The lowest BCUT2D eigenvalue weighted by molar-refractivity contribution is 0.105. The van der Waals surface area contributed by atoms with Crippen molar-refractivity contribution < 1.29 is 4.74 Å². The number of anilines is 1. The fourth-order valence-electron chi connectivity index (χ4n) is 5.16. The first-order valence-electron chi connectivity index (χ1n) is 12.8. The average Bonchev–Trinajstić information content (AvgIpc) is 2.92. The molecule has 9 nitrogen and oxygen atoms in total. The van der Waals surface area contributed by atoms with Crippen molar-refractivity contribution in [3.05, 3.63) is 53.2 Å². The van der Waals surface area contributed by atoms with Crippen LogP contribution >= 0.6 is 0 Å². The normalized spacial score (nSPS) is 22.1. The SMILES string of the molecule is CCOC1=CN/C(=C(/C#N)C=N)C(c2ccc(N3CCC(CN4CCN(C)CC4)(NC)CC3)nc2)=C1. The van der Waals surface area contributed by atoms with Gasteiger partial charge >= 0.3 is 0 Å². The van der Waals surface area contributed by atoms with Crippen molar-refractivity contribution in [1.82, 2.24) is 25.4 Å². The predicted molar refractivity (Wildman–Crippen MR) is 144 cm³/mol. The molecule has 0 spiro atoms. The number of rotatable bonds is 8. The first-order chi connectivity index (χ1) is 17.5. The second kappa shape index (κ2) is 11.7. The molecule has 36 heavy (non-hydrogen) atoms. The predicted octanol–water partition coefficient (Wildman–Crippen LogP) is 2.18. The smallest absolute Gasteiger partial charge is 0.135 e. The van der Waals surface area contributed by atoms with Gasteiger partial charge in [0.25, 0.3) is 0 Å². The topological polar surface area (TPSA) is 104 Å². The Morgan fingerprint density at radius 2 is 2.00 bits per heavy atom. The Morgan fingerprint density at radius 1 is 1.25 bits per heavy atom. The number of dihydropyridines is 1. The van der Waals surface area contributed by atoms with E-state index in [9.17, 15) is 5.26 Å². The molecule has 4 heterocycles. The maximum atomic E-state index is 9.49. The molecule has 4 rings (SSSR count). The van der Waals surface area contributed by atoms with Gasteiger partial charge < -0.3 is 30.6 Å². The molecule has 2 fully saturated rings. The summed E-state index contributed by atoms with van der Waals surface area (Å²) in [4.78, 5) is 12.2. The molecule has 0 radical (unpaired) electrons. The van der Waals surface area contributed by atoms with Crippen molar-refractivity contribution in [2.24, 2.45) is 0 Å². The van der Waals surface area contributed by atoms with Crippen LogP contribution in [0.4, 0.5) is 5.82 Å². The number of ether oxygens (including phenoxy) is 1. The van der Waals surface area contributed by atoms with E-state index in [1.807, 2.05) is 25.3 Å². The standard InChI is InChI=1S/C27H38N8O/c1-4-36-23-15-24(26(32-19-23)22(16-28)17-29)21-5-6-25(31-18-21)35-9-7-27(30-2,8-10-35)20-34-13-11-33(3)12-14-34/h5-6,15-16,18-19,28,30,32H,4,7-14,20H2,1-3H3/b26-22+,28-16?. The number of aromatic nitrogens is 1. The Bertz CT molecular complexity index is 1050. The number of nitriles is 1. The van der Waals surface area contributed by atoms with Crippen LogP contribution in [0.25, 0.3) is 5.57 Å². The minimum absolute atomic E-state index is 0.146. The minimum Gasteiger partial charge on any atom is -0.492 e. The van der Waals surface area contributed by atoms with Crippen LogP contribution in [0.2, 0.25) is 0 Å². The molecule has 1 aromatic rings. The van der Waals surface area contributed by atoms with Gasteiger partial charge in [-0.1, -0.05) is 0 Å². The Morgan fingerprint density at radius 3 is 2.58 bits per heavy atom. The molecule has 3 N–H and O–H groups in total. The van der Waals surface area contributed by atoms with E-state index < -0.39 is 0 Å². The molecule has 0 aliphatic carbocycles. The van der Waals surface area contributed by atoms with Gasteiger partial charge in [0, 0.05) is 81.1 Å². The van der Waals surface area contributed by atoms with Crippen LogP contribution in [0.5, 0.6) is 0 Å². The fourth-order valence-corrected chi connectivity index (χ4v) is 5.16. The van der Waals surface area contributed by atoms with Gasteiger partial charge in [-0.15, -0.1) is 0 Å². The summed E-state index contributed by atoms with van der Waals surface area (Å²) in [7, 11) is 4.30. The summed E-state index contributed by atoms with van der Waals surface area (Å²) in [5.41, 5.74) is 2.66. The van der Waals surface area contributed by atoms with Gasteiger partial charge in [0.05, 0.1) is 17.9 Å². The van der Waals surface area contributed by atoms with Gasteiger partial charge in [-0.05, 0) is 52.1 Å². The molecule has 192 valence electrons. The average molecular weight is 491 g/mol. The van der Waals surface area contributed by atoms with Gasteiger partial charge in [0.2, 0.25) is 0 Å². The first kappa shape index (κ1) is 25.9. The molecule has 0 bridgehead atoms. The van der Waals surface area contributed by atoms with E-state index in [2.05, 4.69) is 51.6 Å². The van der Waals surface area contributed by atoms with Crippen LogP contribution in [-0.2, 0) is 4.74 Å². The van der Waals surface area contributed by atoms with E-state index in [0.717, 1.165) is 81.8 Å². The number of allylic oxidation sites excluding steroid dienone is 3. The zero-order valence-corrected chi connectivity index (χ0v) is 21.7. The third-order valence-electron chi connectivity index (χ3n) is 7.52. The van der Waals surface area contributed by atoms with Crippen molar-refractivity contribution in [3.63, 3.8) is 0 Å². The highest BCUT2D eigenvalue weighted by Gasteiger charge is 2.35. The van der Waals surface area contributed by atoms with E-state index in [1.165, 1.54) is 0 Å². The van der Waals surface area contributed by atoms with Gasteiger partial charge in [-0.2, -0.15) is 5.26 Å². The zero-order valence-electron chi connectivity index (χ0n) is 21.7. The number of nitrogens with one attached hydrogen (secondary N) is 3. The summed E-state index contributed by atoms with van der Waals surface area (Å²) in [5.74, 6) is 1.65. The van der Waals surface area contributed by atoms with E-state index >= 15 is 0 Å². The third-order valence-corrected chi connectivity index (χ3v) is 7.52. The van der Waals surface area contributed by atoms with Crippen LogP contribution in [0, 0.1) is 16.7 Å². The lowest BCUT2D eigenvalue weighted by atomic mass is 9.86. The van der Waals surface area contributed by atoms with Crippen molar-refractivity contribution in [2.75, 3.05) is 71.4 Å². The maximum Gasteiger partial charge on any atom is 0.135 e. The Balaban J connectivity index is 1.46. The molecular weight excluding hydrogens is 452 g/mol. The lowest BCUT2D eigenvalue weighted by Gasteiger charge is -2.46. The quantitative estimate of drug-likeness (QED) is 0.376. The molecule has 2 saturated heterocycles. The van der Waals surface area contributed by atoms with Gasteiger partial charge in [0.1, 0.15) is 17.6 Å². The Hall–Kier alpha value is -3.19. The molecule has 0 atom stereocenters. The largest absolute Gasteiger partial charge is 0.492 e. The van der Waals surface area contributed by atoms with Crippen molar-refractivity contribution >= 4 is 17.6 Å². The number of piperazine rings is 1. The monoisotopic (exact) mass is 490 g/mol. The van der Waals surface area contributed by atoms with Crippen LogP contribution in [0.15, 0.2) is 47.6 Å². The van der Waals surface area contributed by atoms with Crippen molar-refractivity contribution in [3.8, 4) is 6.07 Å². The number of hydrogen-bond donors (Lipinski definition) is 3. The number of piperidine rings is 1. The third kappa shape index (κ3) is 5.78. The van der Waals surface area contributed by atoms with E-state index in [4.69, 9.17) is 15.1 Å². The summed E-state index contributed by atoms with van der Waals surface area (Å²) in [6.45, 7) is 10.0. The molecule has 3 aliphatic rings. The first-order valence-corrected chi connectivity index (χ1v) is 12.8. The molecule has 0 saturated carbocycles. The summed E-state index contributed by atoms with van der Waals surface area (Å²) in [6, 6.07) is 6.19. The van der Waals surface area contributed by atoms with Gasteiger partial charge in [0.15, 0.2) is 0 Å². The van der Waals surface area contributed by atoms with Crippen LogP contribution < -0.4 is 15.5 Å². The van der Waals surface area contributed by atoms with Crippen molar-refractivity contribution in [2.45, 2.75) is 25.3 Å². The molecular formula is C27H38N8O. The highest BCUT2D eigenvalue weighted by molar-refractivity contribution is 5.92. The second-order valence-corrected chi connectivity index (χ2v) is 9.73. The highest BCUT2D eigenvalue weighted by atomic mass is 16.5. The van der Waals surface area contributed by atoms with Crippen molar-refractivity contribution in [1.29, 1.82) is 10.7 Å². The van der Waals surface area contributed by atoms with E-state index in [0.29, 0.717) is 18.1 Å². The van der Waals surface area contributed by atoms with Crippen LogP contribution in [0.1, 0.15) is 25.3 Å². The summed E-state index contributed by atoms with van der Waals surface area (Å²) < 4.78 is 5.66. The van der Waals surface area contributed by atoms with E-state index in [-0.39, 0.29) is 11.1 Å². The lowest BCUT2D eigenvalue weighted by Crippen LogP contribution is -2.60. The van der Waals surface area contributed by atoms with Gasteiger partial charge in [-0.25, -0.2) is 4.98 Å². The summed E-state index contributed by atoms with van der Waals surface area (Å²) in [5, 5.41) is 23.9. The van der Waals surface area contributed by atoms with E-state index in [1.54, 1.807) is 6.20 Å². The highest BCUT2D eigenvalue weighted by Crippen LogP contribution is 2.31. The summed E-state index contributed by atoms with van der Waals surface area (Å²) >= 11 is 0. The molecule has 9 heteroatoms. The maximum absolute atomic E-state index is 9.49. The zero-order chi connectivity index (χ0) is 25.5. The fraction of sp³-hybridized carbons (Fsp3) is 0.519. The summed E-state index contributed by atoms with van der Waals surface area (Å²) in [6.07, 6.45) is 8.69. The number of pyridine rings is 1. The molecule has 3 aliphatic heterocycles. The molecule has 0 unspecified atom stereocenters.